The van der Waals surface area contributed by atoms with Crippen molar-refractivity contribution in [3.05, 3.63) is 0 Å². The molecular formula is C18H37N3O2S. The molecule has 5 nitrogen and oxygen atoms in total. The summed E-state index contributed by atoms with van der Waals surface area (Å²) in [7, 11) is -0.686. The molecule has 0 aromatic heterocycles. The first-order chi connectivity index (χ1) is 11.6. The maximum atomic E-state index is 12.1. The van der Waals surface area contributed by atoms with Crippen LogP contribution in [0, 0.1) is 5.92 Å². The minimum Gasteiger partial charge on any atom is -0.380 e. The lowest BCUT2D eigenvalue weighted by atomic mass is 9.95. The summed E-state index contributed by atoms with van der Waals surface area (Å²) in [5.41, 5.74) is 0. The van der Waals surface area contributed by atoms with Gasteiger partial charge >= 0.3 is 0 Å². The van der Waals surface area contributed by atoms with E-state index in [0.29, 0.717) is 30.4 Å². The molecule has 1 aliphatic rings. The molecule has 0 spiro atoms. The number of hydrogen-bond donors (Lipinski definition) is 2. The van der Waals surface area contributed by atoms with Crippen LogP contribution in [0.15, 0.2) is 4.99 Å². The minimum absolute atomic E-state index is 0.337. The molecule has 0 bridgehead atoms. The molecule has 2 N–H and O–H groups in total. The second kappa shape index (κ2) is 12.7. The number of nitrogens with zero attached hydrogens (tertiary/aromatic N) is 1. The largest absolute Gasteiger partial charge is 0.380 e. The maximum absolute atomic E-state index is 12.1. The highest BCUT2D eigenvalue weighted by Crippen LogP contribution is 2.22. The first kappa shape index (κ1) is 21.4. The van der Waals surface area contributed by atoms with Crippen molar-refractivity contribution in [1.82, 2.24) is 10.6 Å². The van der Waals surface area contributed by atoms with Gasteiger partial charge in [0, 0.05) is 41.0 Å². The SMILES string of the molecule is CCNC(=NCCOCCC(C)C)NC1CCCC(S(=O)CC)C1. The van der Waals surface area contributed by atoms with Gasteiger partial charge in [-0.05, 0) is 38.5 Å². The molecular weight excluding hydrogens is 322 g/mol. The lowest BCUT2D eigenvalue weighted by Crippen LogP contribution is -2.46. The van der Waals surface area contributed by atoms with Crippen LogP contribution in [0.5, 0.6) is 0 Å². The van der Waals surface area contributed by atoms with E-state index in [0.717, 1.165) is 57.0 Å². The van der Waals surface area contributed by atoms with Crippen molar-refractivity contribution in [3.8, 4) is 0 Å². The molecule has 6 heteroatoms. The number of rotatable bonds is 10. The van der Waals surface area contributed by atoms with Gasteiger partial charge < -0.3 is 15.4 Å². The van der Waals surface area contributed by atoms with Crippen LogP contribution in [0.1, 0.15) is 59.8 Å². The van der Waals surface area contributed by atoms with E-state index >= 15 is 0 Å². The molecule has 0 saturated heterocycles. The topological polar surface area (TPSA) is 62.7 Å². The van der Waals surface area contributed by atoms with Crippen LogP contribution in [0.3, 0.4) is 0 Å². The Balaban J connectivity index is 2.38. The van der Waals surface area contributed by atoms with Crippen LogP contribution in [0.25, 0.3) is 0 Å². The highest BCUT2D eigenvalue weighted by Gasteiger charge is 2.25. The Morgan fingerprint density at radius 1 is 1.29 bits per heavy atom. The number of ether oxygens (including phenoxy) is 1. The maximum Gasteiger partial charge on any atom is 0.191 e. The van der Waals surface area contributed by atoms with E-state index in [1.54, 1.807) is 0 Å². The third-order valence-electron chi connectivity index (χ3n) is 4.31. The summed E-state index contributed by atoms with van der Waals surface area (Å²) in [6, 6.07) is 0.374. The fourth-order valence-electron chi connectivity index (χ4n) is 2.91. The molecule has 0 aliphatic heterocycles. The molecule has 1 saturated carbocycles. The summed E-state index contributed by atoms with van der Waals surface area (Å²) < 4.78 is 17.7. The summed E-state index contributed by atoms with van der Waals surface area (Å²) in [5, 5.41) is 7.16. The molecule has 1 fully saturated rings. The third kappa shape index (κ3) is 9.02. The summed E-state index contributed by atoms with van der Waals surface area (Å²) in [4.78, 5) is 4.61. The fraction of sp³-hybridized carbons (Fsp3) is 0.944. The predicted octanol–water partition coefficient (Wildman–Crippen LogP) is 2.68. The number of aliphatic imine (C=N–C) groups is 1. The van der Waals surface area contributed by atoms with Gasteiger partial charge in [0.2, 0.25) is 0 Å². The van der Waals surface area contributed by atoms with Crippen molar-refractivity contribution in [1.29, 1.82) is 0 Å². The number of nitrogens with one attached hydrogen (secondary N) is 2. The zero-order valence-corrected chi connectivity index (χ0v) is 16.8. The van der Waals surface area contributed by atoms with Crippen molar-refractivity contribution >= 4 is 16.8 Å². The highest BCUT2D eigenvalue weighted by atomic mass is 32.2. The minimum atomic E-state index is -0.686. The van der Waals surface area contributed by atoms with Gasteiger partial charge in [-0.2, -0.15) is 0 Å². The van der Waals surface area contributed by atoms with Crippen LogP contribution in [-0.2, 0) is 15.5 Å². The third-order valence-corrected chi connectivity index (χ3v) is 6.05. The summed E-state index contributed by atoms with van der Waals surface area (Å²) in [6.45, 7) is 11.5. The van der Waals surface area contributed by atoms with E-state index < -0.39 is 10.8 Å². The van der Waals surface area contributed by atoms with Gasteiger partial charge in [-0.3, -0.25) is 9.20 Å². The Bertz CT molecular complexity index is 388. The van der Waals surface area contributed by atoms with E-state index in [1.807, 2.05) is 6.92 Å². The van der Waals surface area contributed by atoms with Crippen LogP contribution in [-0.4, -0.2) is 53.5 Å². The van der Waals surface area contributed by atoms with E-state index in [4.69, 9.17) is 4.74 Å². The van der Waals surface area contributed by atoms with Crippen molar-refractivity contribution in [2.45, 2.75) is 71.1 Å². The van der Waals surface area contributed by atoms with Crippen molar-refractivity contribution < 1.29 is 8.95 Å². The van der Waals surface area contributed by atoms with Gasteiger partial charge in [0.1, 0.15) is 0 Å². The fourth-order valence-corrected chi connectivity index (χ4v) is 4.25. The Morgan fingerprint density at radius 2 is 2.08 bits per heavy atom. The number of guanidine groups is 1. The lowest BCUT2D eigenvalue weighted by molar-refractivity contribution is 0.130. The smallest absolute Gasteiger partial charge is 0.191 e. The standard InChI is InChI=1S/C18H37N3O2S/c1-5-19-18(20-11-13-23-12-10-15(3)4)21-16-8-7-9-17(14-16)24(22)6-2/h15-17H,5-14H2,1-4H3,(H2,19,20,21). The van der Waals surface area contributed by atoms with Crippen LogP contribution in [0.4, 0.5) is 0 Å². The molecule has 0 aromatic rings. The highest BCUT2D eigenvalue weighted by molar-refractivity contribution is 7.85. The first-order valence-corrected chi connectivity index (χ1v) is 10.9. The average molecular weight is 360 g/mol. The Hall–Kier alpha value is -0.620. The van der Waals surface area contributed by atoms with Gasteiger partial charge in [0.05, 0.1) is 13.2 Å². The quantitative estimate of drug-likeness (QED) is 0.358. The molecule has 0 heterocycles. The van der Waals surface area contributed by atoms with Crippen LogP contribution < -0.4 is 10.6 Å². The molecule has 0 radical (unpaired) electrons. The Morgan fingerprint density at radius 3 is 2.75 bits per heavy atom. The van der Waals surface area contributed by atoms with Gasteiger partial charge in [0.15, 0.2) is 5.96 Å². The van der Waals surface area contributed by atoms with Crippen LogP contribution >= 0.6 is 0 Å². The Labute approximate surface area is 150 Å². The van der Waals surface area contributed by atoms with Gasteiger partial charge in [0.25, 0.3) is 0 Å². The van der Waals surface area contributed by atoms with Crippen molar-refractivity contribution in [3.63, 3.8) is 0 Å². The summed E-state index contributed by atoms with van der Waals surface area (Å²) in [6.07, 6.45) is 5.45. The van der Waals surface area contributed by atoms with Gasteiger partial charge in [-0.1, -0.05) is 27.2 Å². The normalized spacial score (nSPS) is 23.3. The first-order valence-electron chi connectivity index (χ1n) is 9.56. The van der Waals surface area contributed by atoms with Crippen molar-refractivity contribution in [2.24, 2.45) is 10.9 Å². The van der Waals surface area contributed by atoms with Crippen molar-refractivity contribution in [2.75, 3.05) is 32.1 Å². The molecule has 1 rings (SSSR count). The average Bonchev–Trinajstić information content (AvgIpc) is 2.57. The van der Waals surface area contributed by atoms with E-state index in [9.17, 15) is 4.21 Å². The molecule has 24 heavy (non-hydrogen) atoms. The molecule has 142 valence electrons. The monoisotopic (exact) mass is 359 g/mol. The van der Waals surface area contributed by atoms with Gasteiger partial charge in [-0.15, -0.1) is 0 Å². The Kier molecular flexibility index (Phi) is 11.3. The number of hydrogen-bond acceptors (Lipinski definition) is 3. The second-order valence-electron chi connectivity index (χ2n) is 6.85. The molecule has 3 atom stereocenters. The molecule has 1 aliphatic carbocycles. The lowest BCUT2D eigenvalue weighted by Gasteiger charge is -2.30. The van der Waals surface area contributed by atoms with E-state index in [1.165, 1.54) is 0 Å². The van der Waals surface area contributed by atoms with Crippen LogP contribution in [0.2, 0.25) is 0 Å². The summed E-state index contributed by atoms with van der Waals surface area (Å²) in [5.74, 6) is 2.30. The zero-order valence-electron chi connectivity index (χ0n) is 16.0. The molecule has 0 amide bonds. The predicted molar refractivity (Wildman–Crippen MR) is 104 cm³/mol. The molecule has 0 aromatic carbocycles. The zero-order chi connectivity index (χ0) is 17.8. The van der Waals surface area contributed by atoms with Gasteiger partial charge in [-0.25, -0.2) is 0 Å². The molecule has 3 unspecified atom stereocenters. The second-order valence-corrected chi connectivity index (χ2v) is 8.86. The van der Waals surface area contributed by atoms with E-state index in [-0.39, 0.29) is 0 Å². The van der Waals surface area contributed by atoms with E-state index in [2.05, 4.69) is 36.4 Å². The summed E-state index contributed by atoms with van der Waals surface area (Å²) >= 11 is 0.